The van der Waals surface area contributed by atoms with Crippen LogP contribution in [0.4, 0.5) is 11.4 Å². The molecule has 0 saturated carbocycles. The van der Waals surface area contributed by atoms with Gasteiger partial charge in [0.1, 0.15) is 0 Å². The van der Waals surface area contributed by atoms with Crippen molar-refractivity contribution < 1.29 is 9.66 Å². The van der Waals surface area contributed by atoms with Crippen molar-refractivity contribution in [1.82, 2.24) is 0 Å². The Hall–Kier alpha value is -1.78. The molecule has 5 nitrogen and oxygen atoms in total. The number of benzene rings is 1. The van der Waals surface area contributed by atoms with Crippen LogP contribution in [0.5, 0.6) is 5.75 Å². The van der Waals surface area contributed by atoms with Crippen LogP contribution >= 0.6 is 0 Å². The molecular weight excluding hydrogens is 256 g/mol. The van der Waals surface area contributed by atoms with E-state index >= 15 is 0 Å². The third kappa shape index (κ3) is 5.07. The summed E-state index contributed by atoms with van der Waals surface area (Å²) in [4.78, 5) is 10.5. The first-order chi connectivity index (χ1) is 9.58. The summed E-state index contributed by atoms with van der Waals surface area (Å²) >= 11 is 0. The molecule has 112 valence electrons. The minimum absolute atomic E-state index is 0.0102. The van der Waals surface area contributed by atoms with Crippen molar-refractivity contribution in [2.24, 2.45) is 0 Å². The number of nitrogens with zero attached hydrogens (tertiary/aromatic N) is 1. The van der Waals surface area contributed by atoms with Crippen molar-refractivity contribution in [3.05, 3.63) is 28.3 Å². The lowest BCUT2D eigenvalue weighted by molar-refractivity contribution is -0.385. The highest BCUT2D eigenvalue weighted by Crippen LogP contribution is 2.30. The molecule has 0 heterocycles. The standard InChI is InChI=1S/C15H24N2O3/c1-4-6-7-8-12(3)16-13-9-10-14(17(18)19)15(11-13)20-5-2/h9-12,16H,4-8H2,1-3H3. The van der Waals surface area contributed by atoms with Crippen LogP contribution in [0, 0.1) is 10.1 Å². The maximum Gasteiger partial charge on any atom is 0.311 e. The largest absolute Gasteiger partial charge is 0.487 e. The first-order valence-electron chi connectivity index (χ1n) is 7.26. The molecule has 1 unspecified atom stereocenters. The molecule has 1 N–H and O–H groups in total. The van der Waals surface area contributed by atoms with Gasteiger partial charge in [-0.3, -0.25) is 10.1 Å². The predicted molar refractivity (Wildman–Crippen MR) is 81.5 cm³/mol. The molecule has 1 atom stereocenters. The summed E-state index contributed by atoms with van der Waals surface area (Å²) in [5, 5.41) is 14.3. The quantitative estimate of drug-likeness (QED) is 0.414. The molecule has 1 aromatic rings. The highest BCUT2D eigenvalue weighted by molar-refractivity contribution is 5.58. The van der Waals surface area contributed by atoms with E-state index < -0.39 is 4.92 Å². The van der Waals surface area contributed by atoms with Gasteiger partial charge in [-0.2, -0.15) is 0 Å². The summed E-state index contributed by atoms with van der Waals surface area (Å²) in [5.41, 5.74) is 0.874. The fraction of sp³-hybridized carbons (Fsp3) is 0.600. The molecule has 0 aromatic heterocycles. The SMILES string of the molecule is CCCCCC(C)Nc1ccc([N+](=O)[O-])c(OCC)c1. The van der Waals surface area contributed by atoms with Gasteiger partial charge in [0.25, 0.3) is 0 Å². The van der Waals surface area contributed by atoms with E-state index in [9.17, 15) is 10.1 Å². The van der Waals surface area contributed by atoms with E-state index in [2.05, 4.69) is 19.2 Å². The number of nitrogens with one attached hydrogen (secondary N) is 1. The van der Waals surface area contributed by atoms with E-state index in [1.165, 1.54) is 25.3 Å². The Balaban J connectivity index is 2.71. The van der Waals surface area contributed by atoms with E-state index in [0.29, 0.717) is 18.4 Å². The summed E-state index contributed by atoms with van der Waals surface area (Å²) in [6.07, 6.45) is 4.72. The van der Waals surface area contributed by atoms with E-state index in [-0.39, 0.29) is 5.69 Å². The van der Waals surface area contributed by atoms with Gasteiger partial charge >= 0.3 is 5.69 Å². The normalized spacial score (nSPS) is 11.9. The lowest BCUT2D eigenvalue weighted by atomic mass is 10.1. The van der Waals surface area contributed by atoms with E-state index in [4.69, 9.17) is 4.74 Å². The molecule has 5 heteroatoms. The van der Waals surface area contributed by atoms with Crippen LogP contribution in [0.2, 0.25) is 0 Å². The van der Waals surface area contributed by atoms with Gasteiger partial charge in [0.15, 0.2) is 5.75 Å². The van der Waals surface area contributed by atoms with Crippen LogP contribution in [0.25, 0.3) is 0 Å². The Morgan fingerprint density at radius 3 is 2.70 bits per heavy atom. The maximum absolute atomic E-state index is 10.9. The molecule has 1 aromatic carbocycles. The van der Waals surface area contributed by atoms with Gasteiger partial charge in [0, 0.05) is 23.9 Å². The molecule has 0 spiro atoms. The lowest BCUT2D eigenvalue weighted by Gasteiger charge is -2.16. The average Bonchev–Trinajstić information content (AvgIpc) is 2.39. The van der Waals surface area contributed by atoms with Crippen molar-refractivity contribution in [2.75, 3.05) is 11.9 Å². The fourth-order valence-corrected chi connectivity index (χ4v) is 2.08. The average molecular weight is 280 g/mol. The Morgan fingerprint density at radius 2 is 2.10 bits per heavy atom. The van der Waals surface area contributed by atoms with Crippen LogP contribution < -0.4 is 10.1 Å². The van der Waals surface area contributed by atoms with Crippen molar-refractivity contribution >= 4 is 11.4 Å². The van der Waals surface area contributed by atoms with Gasteiger partial charge in [0.2, 0.25) is 0 Å². The second kappa shape index (κ2) is 8.40. The number of rotatable bonds is 9. The van der Waals surface area contributed by atoms with Crippen LogP contribution in [0.15, 0.2) is 18.2 Å². The predicted octanol–water partition coefficient (Wildman–Crippen LogP) is 4.37. The van der Waals surface area contributed by atoms with E-state index in [1.807, 2.05) is 6.92 Å². The molecule has 0 radical (unpaired) electrons. The second-order valence-corrected chi connectivity index (χ2v) is 4.91. The number of unbranched alkanes of at least 4 members (excludes halogenated alkanes) is 2. The topological polar surface area (TPSA) is 64.4 Å². The number of hydrogen-bond donors (Lipinski definition) is 1. The zero-order valence-electron chi connectivity index (χ0n) is 12.5. The molecule has 0 amide bonds. The van der Waals surface area contributed by atoms with Gasteiger partial charge < -0.3 is 10.1 Å². The van der Waals surface area contributed by atoms with Crippen molar-refractivity contribution in [3.63, 3.8) is 0 Å². The molecule has 20 heavy (non-hydrogen) atoms. The Labute approximate surface area is 120 Å². The molecule has 0 aliphatic heterocycles. The molecule has 0 saturated heterocycles. The Bertz CT molecular complexity index is 435. The van der Waals surface area contributed by atoms with Gasteiger partial charge in [-0.1, -0.05) is 26.2 Å². The summed E-state index contributed by atoms with van der Waals surface area (Å²) in [5.74, 6) is 0.322. The summed E-state index contributed by atoms with van der Waals surface area (Å²) in [6, 6.07) is 5.28. The molecule has 0 bridgehead atoms. The van der Waals surface area contributed by atoms with Crippen LogP contribution in [-0.2, 0) is 0 Å². The number of nitro benzene ring substituents is 1. The highest BCUT2D eigenvalue weighted by Gasteiger charge is 2.15. The second-order valence-electron chi connectivity index (χ2n) is 4.91. The van der Waals surface area contributed by atoms with Crippen LogP contribution in [0.1, 0.15) is 46.5 Å². The minimum atomic E-state index is -0.417. The molecule has 0 aliphatic rings. The Morgan fingerprint density at radius 1 is 1.35 bits per heavy atom. The summed E-state index contributed by atoms with van der Waals surface area (Å²) < 4.78 is 5.34. The Kier molecular flexibility index (Phi) is 6.84. The summed E-state index contributed by atoms with van der Waals surface area (Å²) in [6.45, 7) is 6.54. The van der Waals surface area contributed by atoms with Gasteiger partial charge in [-0.05, 0) is 26.3 Å². The first-order valence-corrected chi connectivity index (χ1v) is 7.26. The smallest absolute Gasteiger partial charge is 0.311 e. The lowest BCUT2D eigenvalue weighted by Crippen LogP contribution is -2.15. The van der Waals surface area contributed by atoms with Crippen LogP contribution in [-0.4, -0.2) is 17.6 Å². The number of hydrogen-bond acceptors (Lipinski definition) is 4. The van der Waals surface area contributed by atoms with Crippen molar-refractivity contribution in [1.29, 1.82) is 0 Å². The zero-order chi connectivity index (χ0) is 15.0. The summed E-state index contributed by atoms with van der Waals surface area (Å²) in [7, 11) is 0. The number of nitro groups is 1. The van der Waals surface area contributed by atoms with Crippen LogP contribution in [0.3, 0.4) is 0 Å². The molecule has 0 fully saturated rings. The first kappa shape index (κ1) is 16.3. The van der Waals surface area contributed by atoms with Crippen molar-refractivity contribution in [2.45, 2.75) is 52.5 Å². The zero-order valence-corrected chi connectivity index (χ0v) is 12.5. The third-order valence-electron chi connectivity index (χ3n) is 3.11. The monoisotopic (exact) mass is 280 g/mol. The number of ether oxygens (including phenoxy) is 1. The van der Waals surface area contributed by atoms with E-state index in [0.717, 1.165) is 12.1 Å². The molecule has 1 rings (SSSR count). The van der Waals surface area contributed by atoms with E-state index in [1.54, 1.807) is 12.1 Å². The third-order valence-corrected chi connectivity index (χ3v) is 3.11. The maximum atomic E-state index is 10.9. The molecule has 0 aliphatic carbocycles. The highest BCUT2D eigenvalue weighted by atomic mass is 16.6. The molecular formula is C15H24N2O3. The van der Waals surface area contributed by atoms with Gasteiger partial charge in [-0.15, -0.1) is 0 Å². The van der Waals surface area contributed by atoms with Crippen molar-refractivity contribution in [3.8, 4) is 5.75 Å². The van der Waals surface area contributed by atoms with Gasteiger partial charge in [-0.25, -0.2) is 0 Å². The fourth-order valence-electron chi connectivity index (χ4n) is 2.08. The number of anilines is 1. The van der Waals surface area contributed by atoms with Gasteiger partial charge in [0.05, 0.1) is 11.5 Å². The minimum Gasteiger partial charge on any atom is -0.487 e.